The molecule has 0 spiro atoms. The normalized spacial score (nSPS) is 12.2. The Balaban J connectivity index is 3.14. The Hall–Kier alpha value is 0.0200. The summed E-state index contributed by atoms with van der Waals surface area (Å²) in [6.45, 7) is 0. The number of hydrogen-bond acceptors (Lipinski definition) is 1. The predicted molar refractivity (Wildman–Crippen MR) is 18.7 cm³/mol. The van der Waals surface area contributed by atoms with Crippen LogP contribution in [0.1, 0.15) is 0 Å². The molecule has 0 saturated carbocycles. The standard InChI is InChI=1S/CH4NO2P/c1-2(3)5-4/h4H,1H3. The minimum Gasteiger partial charge on any atom is -0.551 e. The van der Waals surface area contributed by atoms with Crippen LogP contribution in [0.25, 0.3) is 0 Å². The summed E-state index contributed by atoms with van der Waals surface area (Å²) >= 11 is 0. The number of hydrogen-bond donors (Lipinski definition) is 1. The van der Waals surface area contributed by atoms with Gasteiger partial charge < -0.3 is 5.21 Å². The van der Waals surface area contributed by atoms with Gasteiger partial charge in [0.15, 0.2) is 0 Å². The SMILES string of the molecule is C[N+]([O-])=PO. The van der Waals surface area contributed by atoms with Crippen molar-refractivity contribution in [1.29, 1.82) is 0 Å². The van der Waals surface area contributed by atoms with Crippen LogP contribution >= 0.6 is 8.60 Å². The molecule has 0 amide bonds. The lowest BCUT2D eigenvalue weighted by Gasteiger charge is -1.83. The third-order valence-electron chi connectivity index (χ3n) is 0.126. The van der Waals surface area contributed by atoms with Gasteiger partial charge in [0.25, 0.3) is 0 Å². The van der Waals surface area contributed by atoms with Crippen LogP contribution in [0, 0.1) is 5.21 Å². The summed E-state index contributed by atoms with van der Waals surface area (Å²) < 4.78 is 0.403. The van der Waals surface area contributed by atoms with E-state index in [0.29, 0.717) is 4.49 Å². The molecule has 0 aromatic carbocycles. The molecular weight excluding hydrogens is 89.0 g/mol. The zero-order valence-electron chi connectivity index (χ0n) is 2.75. The van der Waals surface area contributed by atoms with Crippen molar-refractivity contribution < 1.29 is 9.38 Å². The number of hydroxylamine groups is 1. The average Bonchev–Trinajstić information content (AvgIpc) is 1.38. The van der Waals surface area contributed by atoms with Crippen molar-refractivity contribution in [3.8, 4) is 0 Å². The number of rotatable bonds is 0. The second-order valence-electron chi connectivity index (χ2n) is 0.554. The molecule has 30 valence electrons. The molecule has 5 heavy (non-hydrogen) atoms. The van der Waals surface area contributed by atoms with E-state index in [1.54, 1.807) is 0 Å². The summed E-state index contributed by atoms with van der Waals surface area (Å²) in [5, 5.41) is 9.47. The highest BCUT2D eigenvalue weighted by Gasteiger charge is 1.62. The molecule has 4 heteroatoms. The van der Waals surface area contributed by atoms with Gasteiger partial charge in [-0.05, 0) is 0 Å². The maximum atomic E-state index is 9.47. The van der Waals surface area contributed by atoms with Crippen molar-refractivity contribution in [3.05, 3.63) is 5.21 Å². The van der Waals surface area contributed by atoms with E-state index in [1.165, 1.54) is 7.05 Å². The van der Waals surface area contributed by atoms with Crippen LogP contribution in [0.15, 0.2) is 0 Å². The molecule has 0 heterocycles. The van der Waals surface area contributed by atoms with Gasteiger partial charge in [-0.15, -0.1) is 0 Å². The first-order valence-corrected chi connectivity index (χ1v) is 1.83. The second-order valence-corrected chi connectivity index (χ2v) is 1.30. The molecule has 0 rings (SSSR count). The first-order valence-electron chi connectivity index (χ1n) is 1.03. The lowest BCUT2D eigenvalue weighted by Crippen LogP contribution is -1.78. The highest BCUT2D eigenvalue weighted by molar-refractivity contribution is 7.16. The van der Waals surface area contributed by atoms with Crippen LogP contribution in [0.5, 0.6) is 0 Å². The summed E-state index contributed by atoms with van der Waals surface area (Å²) in [7, 11) is 1.01. The smallest absolute Gasteiger partial charge is 0.392 e. The molecule has 0 atom stereocenters. The van der Waals surface area contributed by atoms with Crippen molar-refractivity contribution in [2.45, 2.75) is 0 Å². The van der Waals surface area contributed by atoms with Gasteiger partial charge in [-0.2, -0.15) is 0 Å². The van der Waals surface area contributed by atoms with Crippen LogP contribution in [0.3, 0.4) is 0 Å². The van der Waals surface area contributed by atoms with E-state index in [9.17, 15) is 5.21 Å². The molecule has 0 aromatic rings. The van der Waals surface area contributed by atoms with E-state index in [2.05, 4.69) is 0 Å². The molecule has 0 aliphatic rings. The Kier molecular flexibility index (Phi) is 2.28. The van der Waals surface area contributed by atoms with Crippen LogP contribution in [-0.2, 0) is 0 Å². The summed E-state index contributed by atoms with van der Waals surface area (Å²) in [5.41, 5.74) is 0. The third-order valence-corrected chi connectivity index (χ3v) is 0.378. The molecule has 0 unspecified atom stereocenters. The lowest BCUT2D eigenvalue weighted by molar-refractivity contribution is -0.399. The first-order chi connectivity index (χ1) is 2.27. The summed E-state index contributed by atoms with van der Waals surface area (Å²) in [5.74, 6) is 0. The molecule has 1 N–H and O–H groups in total. The topological polar surface area (TPSA) is 46.3 Å². The minimum atomic E-state index is -0.225. The molecule has 0 aromatic heterocycles. The van der Waals surface area contributed by atoms with Crippen molar-refractivity contribution in [1.82, 2.24) is 0 Å². The van der Waals surface area contributed by atoms with Crippen LogP contribution in [0.2, 0.25) is 0 Å². The van der Waals surface area contributed by atoms with Gasteiger partial charge in [0.1, 0.15) is 7.05 Å². The molecule has 0 radical (unpaired) electrons. The fourth-order valence-electron chi connectivity index (χ4n) is 0. The third kappa shape index (κ3) is 4.02. The van der Waals surface area contributed by atoms with E-state index in [-0.39, 0.29) is 8.60 Å². The van der Waals surface area contributed by atoms with Crippen molar-refractivity contribution in [3.63, 3.8) is 0 Å². The Bertz CT molecular complexity index is 47.6. The zero-order chi connectivity index (χ0) is 4.28. The molecule has 0 aliphatic carbocycles. The Morgan fingerprint density at radius 2 is 2.20 bits per heavy atom. The largest absolute Gasteiger partial charge is 0.551 e. The first kappa shape index (κ1) is 5.02. The summed E-state index contributed by atoms with van der Waals surface area (Å²) in [6.07, 6.45) is 0. The van der Waals surface area contributed by atoms with Crippen LogP contribution in [-0.4, -0.2) is 16.4 Å². The van der Waals surface area contributed by atoms with E-state index in [0.717, 1.165) is 0 Å². The van der Waals surface area contributed by atoms with Gasteiger partial charge in [0.2, 0.25) is 0 Å². The van der Waals surface area contributed by atoms with E-state index < -0.39 is 0 Å². The summed E-state index contributed by atoms with van der Waals surface area (Å²) in [6, 6.07) is 0. The monoisotopic (exact) mass is 93.0 g/mol. The van der Waals surface area contributed by atoms with Gasteiger partial charge in [0, 0.05) is 0 Å². The maximum Gasteiger partial charge on any atom is 0.392 e. The molecule has 0 saturated heterocycles. The van der Waals surface area contributed by atoms with E-state index in [1.807, 2.05) is 0 Å². The lowest BCUT2D eigenvalue weighted by atomic mass is 11.6. The molecular formula is CH4NO2P. The van der Waals surface area contributed by atoms with E-state index >= 15 is 0 Å². The zero-order valence-corrected chi connectivity index (χ0v) is 3.64. The fraction of sp³-hybridized carbons (Fsp3) is 1.00. The van der Waals surface area contributed by atoms with Crippen molar-refractivity contribution in [2.75, 3.05) is 7.05 Å². The fourth-order valence-corrected chi connectivity index (χ4v) is 0. The maximum absolute atomic E-state index is 9.47. The number of nitrogens with zero attached hydrogens (tertiary/aromatic N) is 1. The van der Waals surface area contributed by atoms with Crippen LogP contribution < -0.4 is 0 Å². The van der Waals surface area contributed by atoms with E-state index in [4.69, 9.17) is 4.89 Å². The quantitative estimate of drug-likeness (QED) is 0.342. The van der Waals surface area contributed by atoms with Gasteiger partial charge in [-0.1, -0.05) is 0 Å². The van der Waals surface area contributed by atoms with Gasteiger partial charge in [-0.3, -0.25) is 4.89 Å². The highest BCUT2D eigenvalue weighted by Crippen LogP contribution is 1.80. The second kappa shape index (κ2) is 2.27. The predicted octanol–water partition coefficient (Wildman–Crippen LogP) is 0.164. The average molecular weight is 93.0 g/mol. The van der Waals surface area contributed by atoms with Crippen molar-refractivity contribution in [2.24, 2.45) is 0 Å². The highest BCUT2D eigenvalue weighted by atomic mass is 31.1. The molecule has 0 bridgehead atoms. The van der Waals surface area contributed by atoms with Crippen LogP contribution in [0.4, 0.5) is 0 Å². The van der Waals surface area contributed by atoms with Gasteiger partial charge >= 0.3 is 8.60 Å². The van der Waals surface area contributed by atoms with Gasteiger partial charge in [0.05, 0.1) is 0 Å². The summed E-state index contributed by atoms with van der Waals surface area (Å²) in [4.78, 5) is 7.73. The minimum absolute atomic E-state index is 0.225. The van der Waals surface area contributed by atoms with Gasteiger partial charge in [-0.25, -0.2) is 4.49 Å². The molecule has 0 aliphatic heterocycles. The molecule has 0 fully saturated rings. The Labute approximate surface area is 31.4 Å². The Morgan fingerprint density at radius 1 is 2.00 bits per heavy atom. The van der Waals surface area contributed by atoms with Crippen molar-refractivity contribution >= 4 is 8.60 Å². The molecule has 3 nitrogen and oxygen atoms in total. The Morgan fingerprint density at radius 3 is 2.20 bits per heavy atom.